The molecule has 0 radical (unpaired) electrons. The van der Waals surface area contributed by atoms with Crippen LogP contribution in [0.1, 0.15) is 43.0 Å². The van der Waals surface area contributed by atoms with E-state index in [-0.39, 0.29) is 12.4 Å². The number of pyridine rings is 1. The molecule has 1 aromatic heterocycles. The molecule has 0 atom stereocenters. The first-order valence-electron chi connectivity index (χ1n) is 10.1. The van der Waals surface area contributed by atoms with Gasteiger partial charge in [-0.2, -0.15) is 0 Å². The molecule has 5 heteroatoms. The number of esters is 1. The number of ether oxygens (including phenoxy) is 2. The number of aromatic nitrogens is 1. The van der Waals surface area contributed by atoms with E-state index in [1.54, 1.807) is 12.4 Å². The molecule has 0 unspecified atom stereocenters. The van der Waals surface area contributed by atoms with Crippen LogP contribution in [-0.2, 0) is 22.6 Å². The SMILES string of the molecule is CC(C)(C)OC(=O)Cc1ccccc1OCc1cc(Cl)cc(/C=C/c2ccncc2)c1. The van der Waals surface area contributed by atoms with E-state index >= 15 is 0 Å². The van der Waals surface area contributed by atoms with E-state index in [0.717, 1.165) is 22.3 Å². The predicted molar refractivity (Wildman–Crippen MR) is 125 cm³/mol. The van der Waals surface area contributed by atoms with E-state index < -0.39 is 5.60 Å². The highest BCUT2D eigenvalue weighted by Crippen LogP contribution is 2.23. The molecular weight excluding hydrogens is 410 g/mol. The number of para-hydroxylation sites is 1. The Hall–Kier alpha value is -3.11. The third-order valence-electron chi connectivity index (χ3n) is 4.28. The third-order valence-corrected chi connectivity index (χ3v) is 4.49. The molecule has 0 spiro atoms. The zero-order valence-corrected chi connectivity index (χ0v) is 18.7. The number of halogens is 1. The Kier molecular flexibility index (Phi) is 7.48. The van der Waals surface area contributed by atoms with Gasteiger partial charge in [0, 0.05) is 23.0 Å². The molecule has 0 N–H and O–H groups in total. The molecule has 3 rings (SSSR count). The molecule has 0 aliphatic rings. The number of carbonyl (C=O) groups is 1. The Bertz CT molecular complexity index is 1060. The first-order valence-corrected chi connectivity index (χ1v) is 10.5. The monoisotopic (exact) mass is 435 g/mol. The molecule has 0 saturated carbocycles. The topological polar surface area (TPSA) is 48.4 Å². The fourth-order valence-corrected chi connectivity index (χ4v) is 3.27. The average Bonchev–Trinajstić information content (AvgIpc) is 2.71. The summed E-state index contributed by atoms with van der Waals surface area (Å²) in [7, 11) is 0. The largest absolute Gasteiger partial charge is 0.489 e. The van der Waals surface area contributed by atoms with E-state index in [1.807, 2.05) is 87.5 Å². The minimum absolute atomic E-state index is 0.156. The fraction of sp³-hybridized carbons (Fsp3) is 0.231. The Morgan fingerprint density at radius 2 is 1.71 bits per heavy atom. The Morgan fingerprint density at radius 1 is 1.00 bits per heavy atom. The van der Waals surface area contributed by atoms with Crippen LogP contribution >= 0.6 is 11.6 Å². The van der Waals surface area contributed by atoms with Crippen molar-refractivity contribution in [3.05, 3.63) is 94.3 Å². The minimum Gasteiger partial charge on any atom is -0.489 e. The summed E-state index contributed by atoms with van der Waals surface area (Å²) in [6.45, 7) is 5.90. The molecule has 0 amide bonds. The van der Waals surface area contributed by atoms with Crippen molar-refractivity contribution in [3.8, 4) is 5.75 Å². The van der Waals surface area contributed by atoms with Crippen molar-refractivity contribution >= 4 is 29.7 Å². The number of carbonyl (C=O) groups excluding carboxylic acids is 1. The summed E-state index contributed by atoms with van der Waals surface area (Å²) in [6, 6.07) is 17.2. The highest BCUT2D eigenvalue weighted by atomic mass is 35.5. The summed E-state index contributed by atoms with van der Waals surface area (Å²) < 4.78 is 11.5. The van der Waals surface area contributed by atoms with Crippen molar-refractivity contribution in [1.29, 1.82) is 0 Å². The molecule has 0 saturated heterocycles. The van der Waals surface area contributed by atoms with E-state index in [2.05, 4.69) is 4.98 Å². The minimum atomic E-state index is -0.520. The van der Waals surface area contributed by atoms with Gasteiger partial charge in [0.1, 0.15) is 18.0 Å². The molecule has 2 aromatic carbocycles. The Morgan fingerprint density at radius 3 is 2.45 bits per heavy atom. The van der Waals surface area contributed by atoms with Gasteiger partial charge in [0.15, 0.2) is 0 Å². The second-order valence-corrected chi connectivity index (χ2v) is 8.60. The van der Waals surface area contributed by atoms with Gasteiger partial charge in [0.2, 0.25) is 0 Å². The van der Waals surface area contributed by atoms with Crippen LogP contribution in [0.3, 0.4) is 0 Å². The van der Waals surface area contributed by atoms with Crippen LogP contribution in [0.15, 0.2) is 67.0 Å². The Labute approximate surface area is 188 Å². The van der Waals surface area contributed by atoms with Gasteiger partial charge in [-0.3, -0.25) is 9.78 Å². The third kappa shape index (κ3) is 7.58. The van der Waals surface area contributed by atoms with Crippen molar-refractivity contribution in [3.63, 3.8) is 0 Å². The number of hydrogen-bond acceptors (Lipinski definition) is 4. The Balaban J connectivity index is 1.70. The highest BCUT2D eigenvalue weighted by Gasteiger charge is 2.18. The lowest BCUT2D eigenvalue weighted by molar-refractivity contribution is -0.153. The predicted octanol–water partition coefficient (Wildman–Crippen LogP) is 6.37. The molecule has 0 fully saturated rings. The van der Waals surface area contributed by atoms with E-state index in [4.69, 9.17) is 21.1 Å². The van der Waals surface area contributed by atoms with Crippen LogP contribution in [0.4, 0.5) is 0 Å². The lowest BCUT2D eigenvalue weighted by Crippen LogP contribution is -2.25. The lowest BCUT2D eigenvalue weighted by atomic mass is 10.1. The smallest absolute Gasteiger partial charge is 0.310 e. The summed E-state index contributed by atoms with van der Waals surface area (Å²) in [5, 5.41) is 0.637. The molecule has 3 aromatic rings. The fourth-order valence-electron chi connectivity index (χ4n) is 3.01. The van der Waals surface area contributed by atoms with Crippen molar-refractivity contribution in [2.75, 3.05) is 0 Å². The number of nitrogens with zero attached hydrogens (tertiary/aromatic N) is 1. The summed E-state index contributed by atoms with van der Waals surface area (Å²) in [5.41, 5.74) is 3.24. The second kappa shape index (κ2) is 10.3. The van der Waals surface area contributed by atoms with Gasteiger partial charge in [-0.25, -0.2) is 0 Å². The van der Waals surface area contributed by atoms with Gasteiger partial charge in [-0.15, -0.1) is 0 Å². The summed E-state index contributed by atoms with van der Waals surface area (Å²) in [4.78, 5) is 16.2. The summed E-state index contributed by atoms with van der Waals surface area (Å²) in [5.74, 6) is 0.372. The highest BCUT2D eigenvalue weighted by molar-refractivity contribution is 6.30. The molecule has 0 aliphatic heterocycles. The van der Waals surface area contributed by atoms with E-state index in [1.165, 1.54) is 0 Å². The zero-order valence-electron chi connectivity index (χ0n) is 18.0. The quantitative estimate of drug-likeness (QED) is 0.404. The first kappa shape index (κ1) is 22.6. The van der Waals surface area contributed by atoms with Crippen LogP contribution in [-0.4, -0.2) is 16.6 Å². The molecular formula is C26H26ClNO3. The molecule has 1 heterocycles. The second-order valence-electron chi connectivity index (χ2n) is 8.17. The zero-order chi connectivity index (χ0) is 22.3. The van der Waals surface area contributed by atoms with E-state index in [9.17, 15) is 4.79 Å². The van der Waals surface area contributed by atoms with Crippen molar-refractivity contribution in [2.24, 2.45) is 0 Å². The van der Waals surface area contributed by atoms with Gasteiger partial charge < -0.3 is 9.47 Å². The molecule has 31 heavy (non-hydrogen) atoms. The van der Waals surface area contributed by atoms with Crippen LogP contribution in [0.2, 0.25) is 5.02 Å². The summed E-state index contributed by atoms with van der Waals surface area (Å²) in [6.07, 6.45) is 7.68. The van der Waals surface area contributed by atoms with Gasteiger partial charge in [0.25, 0.3) is 0 Å². The van der Waals surface area contributed by atoms with Crippen molar-refractivity contribution in [1.82, 2.24) is 4.98 Å². The first-order chi connectivity index (χ1) is 14.8. The van der Waals surface area contributed by atoms with Gasteiger partial charge in [-0.05, 0) is 73.9 Å². The van der Waals surface area contributed by atoms with Gasteiger partial charge >= 0.3 is 5.97 Å². The molecule has 160 valence electrons. The van der Waals surface area contributed by atoms with Crippen LogP contribution in [0.5, 0.6) is 5.75 Å². The maximum atomic E-state index is 12.2. The number of rotatable bonds is 7. The standard InChI is InChI=1S/C26H26ClNO3/c1-26(2,3)31-25(29)17-22-6-4-5-7-24(22)30-18-21-14-20(15-23(27)16-21)9-8-19-10-12-28-13-11-19/h4-16H,17-18H2,1-3H3/b9-8+. The van der Waals surface area contributed by atoms with E-state index in [0.29, 0.717) is 17.4 Å². The normalized spacial score (nSPS) is 11.5. The molecule has 0 aliphatic carbocycles. The average molecular weight is 436 g/mol. The van der Waals surface area contributed by atoms with Crippen molar-refractivity contribution < 1.29 is 14.3 Å². The van der Waals surface area contributed by atoms with Crippen LogP contribution in [0, 0.1) is 0 Å². The van der Waals surface area contributed by atoms with Gasteiger partial charge in [-0.1, -0.05) is 42.0 Å². The van der Waals surface area contributed by atoms with Crippen LogP contribution < -0.4 is 4.74 Å². The molecule has 0 bridgehead atoms. The summed E-state index contributed by atoms with van der Waals surface area (Å²) >= 11 is 6.31. The van der Waals surface area contributed by atoms with Crippen LogP contribution in [0.25, 0.3) is 12.2 Å². The maximum absolute atomic E-state index is 12.2. The van der Waals surface area contributed by atoms with Gasteiger partial charge in [0.05, 0.1) is 6.42 Å². The maximum Gasteiger partial charge on any atom is 0.310 e. The molecule has 4 nitrogen and oxygen atoms in total. The number of benzene rings is 2. The number of hydrogen-bond donors (Lipinski definition) is 0. The lowest BCUT2D eigenvalue weighted by Gasteiger charge is -2.20. The van der Waals surface area contributed by atoms with Crippen molar-refractivity contribution in [2.45, 2.75) is 39.4 Å².